The summed E-state index contributed by atoms with van der Waals surface area (Å²) in [6.07, 6.45) is 3.28. The highest BCUT2D eigenvalue weighted by Crippen LogP contribution is 2.28. The minimum atomic E-state index is 0.599. The van der Waals surface area contributed by atoms with Crippen molar-refractivity contribution in [3.63, 3.8) is 0 Å². The number of nitrogen functional groups attached to an aromatic ring is 1. The average Bonchev–Trinajstić information content (AvgIpc) is 2.27. The van der Waals surface area contributed by atoms with Crippen LogP contribution in [0.1, 0.15) is 0 Å². The lowest BCUT2D eigenvalue weighted by atomic mass is 10.3. The Hall–Kier alpha value is -1.26. The van der Waals surface area contributed by atoms with Gasteiger partial charge in [-0.2, -0.15) is 0 Å². The van der Waals surface area contributed by atoms with Crippen molar-refractivity contribution in [3.8, 4) is 0 Å². The number of pyridine rings is 1. The van der Waals surface area contributed by atoms with Gasteiger partial charge in [-0.05, 0) is 40.2 Å². The van der Waals surface area contributed by atoms with Gasteiger partial charge in [0.2, 0.25) is 0 Å². The van der Waals surface area contributed by atoms with Gasteiger partial charge in [-0.3, -0.25) is 4.98 Å². The maximum Gasteiger partial charge on any atom is 0.0739 e. The van der Waals surface area contributed by atoms with E-state index >= 15 is 0 Å². The number of benzene rings is 1. The summed E-state index contributed by atoms with van der Waals surface area (Å²) in [7, 11) is 0. The van der Waals surface area contributed by atoms with Crippen LogP contribution in [0.3, 0.4) is 0 Å². The molecule has 1 aromatic heterocycles. The first-order chi connectivity index (χ1) is 7.66. The second-order valence-electron chi connectivity index (χ2n) is 3.22. The van der Waals surface area contributed by atoms with E-state index in [2.05, 4.69) is 26.2 Å². The molecule has 3 nitrogen and oxygen atoms in total. The first-order valence-corrected chi connectivity index (χ1v) is 5.75. The van der Waals surface area contributed by atoms with Crippen LogP contribution in [-0.4, -0.2) is 4.98 Å². The van der Waals surface area contributed by atoms with Gasteiger partial charge in [0.05, 0.1) is 22.6 Å². The van der Waals surface area contributed by atoms with Gasteiger partial charge in [-0.1, -0.05) is 11.6 Å². The molecule has 1 heterocycles. The highest BCUT2D eigenvalue weighted by molar-refractivity contribution is 9.10. The fourth-order valence-corrected chi connectivity index (χ4v) is 1.68. The van der Waals surface area contributed by atoms with E-state index in [1.807, 2.05) is 24.3 Å². The molecule has 5 heteroatoms. The molecule has 0 aliphatic carbocycles. The van der Waals surface area contributed by atoms with Gasteiger partial charge >= 0.3 is 0 Å². The third kappa shape index (κ3) is 2.46. The Balaban J connectivity index is 2.28. The van der Waals surface area contributed by atoms with E-state index < -0.39 is 0 Å². The molecular weight excluding hydrogens is 289 g/mol. The third-order valence-electron chi connectivity index (χ3n) is 2.05. The van der Waals surface area contributed by atoms with Crippen molar-refractivity contribution in [2.24, 2.45) is 0 Å². The Kier molecular flexibility index (Phi) is 3.31. The minimum absolute atomic E-state index is 0.599. The van der Waals surface area contributed by atoms with Crippen molar-refractivity contribution in [1.29, 1.82) is 0 Å². The zero-order valence-electron chi connectivity index (χ0n) is 8.24. The summed E-state index contributed by atoms with van der Waals surface area (Å²) in [5.41, 5.74) is 8.06. The number of hydrogen-bond acceptors (Lipinski definition) is 3. The number of rotatable bonds is 2. The predicted octanol–water partition coefficient (Wildman–Crippen LogP) is 3.82. The number of nitrogens with two attached hydrogens (primary N) is 1. The van der Waals surface area contributed by atoms with Crippen molar-refractivity contribution >= 4 is 44.6 Å². The highest BCUT2D eigenvalue weighted by Gasteiger charge is 2.01. The highest BCUT2D eigenvalue weighted by atomic mass is 79.9. The van der Waals surface area contributed by atoms with E-state index in [4.69, 9.17) is 17.3 Å². The van der Waals surface area contributed by atoms with Crippen molar-refractivity contribution in [3.05, 3.63) is 46.2 Å². The van der Waals surface area contributed by atoms with Crippen molar-refractivity contribution < 1.29 is 0 Å². The molecule has 82 valence electrons. The van der Waals surface area contributed by atoms with Crippen LogP contribution in [0.4, 0.5) is 17.1 Å². The standard InChI is InChI=1S/C11H9BrClN3/c12-8-2-1-7(5-9(8)13)16-11-3-4-15-6-10(11)14/h1-6H,14H2,(H,15,16). The Morgan fingerprint density at radius 1 is 1.31 bits per heavy atom. The van der Waals surface area contributed by atoms with Crippen LogP contribution in [-0.2, 0) is 0 Å². The SMILES string of the molecule is Nc1cnccc1Nc1ccc(Br)c(Cl)c1. The van der Waals surface area contributed by atoms with Gasteiger partial charge in [-0.25, -0.2) is 0 Å². The molecule has 2 aromatic rings. The molecule has 0 bridgehead atoms. The monoisotopic (exact) mass is 297 g/mol. The normalized spacial score (nSPS) is 10.1. The summed E-state index contributed by atoms with van der Waals surface area (Å²) in [5.74, 6) is 0. The van der Waals surface area contributed by atoms with Crippen molar-refractivity contribution in [2.75, 3.05) is 11.1 Å². The van der Waals surface area contributed by atoms with Crippen LogP contribution in [0.5, 0.6) is 0 Å². The lowest BCUT2D eigenvalue weighted by Gasteiger charge is -2.09. The summed E-state index contributed by atoms with van der Waals surface area (Å²) in [6.45, 7) is 0. The topological polar surface area (TPSA) is 50.9 Å². The molecule has 0 radical (unpaired) electrons. The summed E-state index contributed by atoms with van der Waals surface area (Å²) in [6, 6.07) is 7.43. The van der Waals surface area contributed by atoms with Gasteiger partial charge in [0.25, 0.3) is 0 Å². The van der Waals surface area contributed by atoms with E-state index in [1.165, 1.54) is 0 Å². The summed E-state index contributed by atoms with van der Waals surface area (Å²) < 4.78 is 0.863. The number of nitrogens with one attached hydrogen (secondary N) is 1. The maximum absolute atomic E-state index is 5.99. The van der Waals surface area contributed by atoms with Gasteiger partial charge in [0.1, 0.15) is 0 Å². The fraction of sp³-hybridized carbons (Fsp3) is 0. The molecule has 0 fully saturated rings. The number of nitrogens with zero attached hydrogens (tertiary/aromatic N) is 1. The number of hydrogen-bond donors (Lipinski definition) is 2. The molecule has 2 rings (SSSR count). The zero-order chi connectivity index (χ0) is 11.5. The van der Waals surface area contributed by atoms with Crippen LogP contribution in [0.2, 0.25) is 5.02 Å². The smallest absolute Gasteiger partial charge is 0.0739 e. The first-order valence-electron chi connectivity index (χ1n) is 4.58. The Bertz CT molecular complexity index is 516. The van der Waals surface area contributed by atoms with Gasteiger partial charge in [-0.15, -0.1) is 0 Å². The average molecular weight is 299 g/mol. The molecule has 0 spiro atoms. The minimum Gasteiger partial charge on any atom is -0.396 e. The third-order valence-corrected chi connectivity index (χ3v) is 3.28. The quantitative estimate of drug-likeness (QED) is 0.886. The predicted molar refractivity (Wildman–Crippen MR) is 71.1 cm³/mol. The molecule has 0 aliphatic rings. The largest absolute Gasteiger partial charge is 0.396 e. The Morgan fingerprint density at radius 3 is 2.81 bits per heavy atom. The number of anilines is 3. The van der Waals surface area contributed by atoms with Crippen molar-refractivity contribution in [2.45, 2.75) is 0 Å². The second-order valence-corrected chi connectivity index (χ2v) is 4.48. The second kappa shape index (κ2) is 4.72. The van der Waals surface area contributed by atoms with Gasteiger partial charge in [0, 0.05) is 16.4 Å². The van der Waals surface area contributed by atoms with Crippen LogP contribution < -0.4 is 11.1 Å². The fourth-order valence-electron chi connectivity index (χ4n) is 1.25. The van der Waals surface area contributed by atoms with E-state index in [0.717, 1.165) is 15.8 Å². The molecule has 0 aliphatic heterocycles. The summed E-state index contributed by atoms with van der Waals surface area (Å²) >= 11 is 9.32. The lowest BCUT2D eigenvalue weighted by molar-refractivity contribution is 1.33. The van der Waals surface area contributed by atoms with Gasteiger partial charge in [0.15, 0.2) is 0 Å². The summed E-state index contributed by atoms with van der Waals surface area (Å²) in [5, 5.41) is 3.82. The van der Waals surface area contributed by atoms with Crippen LogP contribution >= 0.6 is 27.5 Å². The molecule has 0 amide bonds. The van der Waals surface area contributed by atoms with Crippen LogP contribution in [0.15, 0.2) is 41.1 Å². The maximum atomic E-state index is 5.99. The molecule has 0 saturated heterocycles. The Morgan fingerprint density at radius 2 is 2.12 bits per heavy atom. The van der Waals surface area contributed by atoms with E-state index in [-0.39, 0.29) is 0 Å². The molecule has 16 heavy (non-hydrogen) atoms. The number of aromatic nitrogens is 1. The van der Waals surface area contributed by atoms with Crippen LogP contribution in [0.25, 0.3) is 0 Å². The molecule has 1 aromatic carbocycles. The molecular formula is C11H9BrClN3. The van der Waals surface area contributed by atoms with E-state index in [1.54, 1.807) is 12.4 Å². The summed E-state index contributed by atoms with van der Waals surface area (Å²) in [4.78, 5) is 3.92. The molecule has 0 saturated carbocycles. The number of halogens is 2. The lowest BCUT2D eigenvalue weighted by Crippen LogP contribution is -1.96. The first kappa shape index (κ1) is 11.2. The van der Waals surface area contributed by atoms with Crippen LogP contribution in [0, 0.1) is 0 Å². The molecule has 0 unspecified atom stereocenters. The molecule has 0 atom stereocenters. The van der Waals surface area contributed by atoms with E-state index in [9.17, 15) is 0 Å². The van der Waals surface area contributed by atoms with Gasteiger partial charge < -0.3 is 11.1 Å². The Labute approximate surface area is 107 Å². The molecule has 3 N–H and O–H groups in total. The zero-order valence-corrected chi connectivity index (χ0v) is 10.6. The van der Waals surface area contributed by atoms with Crippen molar-refractivity contribution in [1.82, 2.24) is 4.98 Å². The van der Waals surface area contributed by atoms with E-state index in [0.29, 0.717) is 10.7 Å².